The summed E-state index contributed by atoms with van der Waals surface area (Å²) in [6, 6.07) is 18.1. The van der Waals surface area contributed by atoms with Crippen molar-refractivity contribution >= 4 is 5.91 Å². The van der Waals surface area contributed by atoms with Gasteiger partial charge in [0, 0.05) is 19.6 Å². The summed E-state index contributed by atoms with van der Waals surface area (Å²) in [7, 11) is 0. The molecule has 1 aliphatic heterocycles. The molecule has 2 N–H and O–H groups in total. The molecule has 1 heterocycles. The van der Waals surface area contributed by atoms with Gasteiger partial charge in [0.15, 0.2) is 0 Å². The summed E-state index contributed by atoms with van der Waals surface area (Å²) in [5, 5.41) is 6.08. The van der Waals surface area contributed by atoms with Gasteiger partial charge in [-0.3, -0.25) is 4.79 Å². The summed E-state index contributed by atoms with van der Waals surface area (Å²) < 4.78 is 11.2. The molecule has 0 bridgehead atoms. The molecule has 0 radical (unpaired) electrons. The zero-order chi connectivity index (χ0) is 17.3. The van der Waals surface area contributed by atoms with Gasteiger partial charge in [-0.2, -0.15) is 0 Å². The molecule has 0 saturated carbocycles. The highest BCUT2D eigenvalue weighted by Crippen LogP contribution is 2.14. The van der Waals surface area contributed by atoms with Crippen molar-refractivity contribution in [2.45, 2.75) is 19.1 Å². The van der Waals surface area contributed by atoms with Crippen LogP contribution in [0.1, 0.15) is 11.1 Å². The molecule has 25 heavy (non-hydrogen) atoms. The van der Waals surface area contributed by atoms with Crippen LogP contribution in [0.3, 0.4) is 0 Å². The van der Waals surface area contributed by atoms with E-state index in [1.807, 2.05) is 54.6 Å². The Kier molecular flexibility index (Phi) is 6.42. The van der Waals surface area contributed by atoms with Crippen molar-refractivity contribution in [2.75, 3.05) is 26.2 Å². The lowest BCUT2D eigenvalue weighted by molar-refractivity contribution is -0.134. The van der Waals surface area contributed by atoms with Crippen LogP contribution in [-0.4, -0.2) is 38.3 Å². The lowest BCUT2D eigenvalue weighted by Gasteiger charge is -2.22. The quantitative estimate of drug-likeness (QED) is 0.808. The van der Waals surface area contributed by atoms with E-state index in [1.165, 1.54) is 0 Å². The molecule has 0 aliphatic carbocycles. The minimum Gasteiger partial charge on any atom is -0.489 e. The van der Waals surface area contributed by atoms with Crippen LogP contribution in [0.25, 0.3) is 0 Å². The third-order valence-electron chi connectivity index (χ3n) is 4.10. The first-order valence-electron chi connectivity index (χ1n) is 8.67. The number of hydrogen-bond acceptors (Lipinski definition) is 4. The maximum Gasteiger partial charge on any atom is 0.250 e. The van der Waals surface area contributed by atoms with Crippen LogP contribution in [0.15, 0.2) is 54.6 Å². The van der Waals surface area contributed by atoms with Crippen molar-refractivity contribution in [1.82, 2.24) is 10.6 Å². The molecule has 0 unspecified atom stereocenters. The molecular weight excluding hydrogens is 316 g/mol. The molecule has 3 rings (SSSR count). The molecule has 132 valence electrons. The highest BCUT2D eigenvalue weighted by molar-refractivity contribution is 5.81. The van der Waals surface area contributed by atoms with Gasteiger partial charge in [0.2, 0.25) is 5.91 Å². The number of carbonyl (C=O) groups is 1. The Morgan fingerprint density at radius 2 is 1.92 bits per heavy atom. The molecule has 1 saturated heterocycles. The van der Waals surface area contributed by atoms with Gasteiger partial charge in [-0.25, -0.2) is 0 Å². The van der Waals surface area contributed by atoms with Crippen LogP contribution in [0.5, 0.6) is 5.75 Å². The molecule has 1 fully saturated rings. The fraction of sp³-hybridized carbons (Fsp3) is 0.350. The fourth-order valence-corrected chi connectivity index (χ4v) is 2.67. The van der Waals surface area contributed by atoms with Gasteiger partial charge >= 0.3 is 0 Å². The van der Waals surface area contributed by atoms with Crippen LogP contribution in [0.4, 0.5) is 0 Å². The van der Waals surface area contributed by atoms with Crippen molar-refractivity contribution < 1.29 is 14.3 Å². The van der Waals surface area contributed by atoms with Crippen LogP contribution in [0, 0.1) is 0 Å². The number of amides is 1. The van der Waals surface area contributed by atoms with Gasteiger partial charge in [-0.1, -0.05) is 42.5 Å². The molecule has 5 heteroatoms. The molecule has 2 aromatic rings. The van der Waals surface area contributed by atoms with Crippen molar-refractivity contribution in [3.05, 3.63) is 65.7 Å². The molecule has 0 aromatic heterocycles. The van der Waals surface area contributed by atoms with E-state index in [4.69, 9.17) is 9.47 Å². The standard InChI is InChI=1S/C20H24N2O3/c23-20(19-14-21-12-13-24-19)22-11-10-16-6-8-18(9-7-16)25-15-17-4-2-1-3-5-17/h1-9,19,21H,10-15H2,(H,22,23)/t19-/m0/s1. The molecule has 5 nitrogen and oxygen atoms in total. The van der Waals surface area contributed by atoms with E-state index in [1.54, 1.807) is 0 Å². The molecule has 1 atom stereocenters. The van der Waals surface area contributed by atoms with Crippen LogP contribution in [-0.2, 0) is 22.6 Å². The highest BCUT2D eigenvalue weighted by atomic mass is 16.5. The third-order valence-corrected chi connectivity index (χ3v) is 4.10. The lowest BCUT2D eigenvalue weighted by Crippen LogP contribution is -2.48. The van der Waals surface area contributed by atoms with E-state index < -0.39 is 0 Å². The van der Waals surface area contributed by atoms with E-state index in [9.17, 15) is 4.79 Å². The molecular formula is C20H24N2O3. The first-order chi connectivity index (χ1) is 12.3. The Bertz CT molecular complexity index is 652. The van der Waals surface area contributed by atoms with Crippen LogP contribution in [0.2, 0.25) is 0 Å². The molecule has 0 spiro atoms. The van der Waals surface area contributed by atoms with E-state index in [0.717, 1.165) is 29.8 Å². The van der Waals surface area contributed by atoms with E-state index >= 15 is 0 Å². The van der Waals surface area contributed by atoms with Gasteiger partial charge in [0.25, 0.3) is 0 Å². The van der Waals surface area contributed by atoms with Crippen molar-refractivity contribution in [3.63, 3.8) is 0 Å². The predicted octanol–water partition coefficient (Wildman–Crippen LogP) is 1.91. The monoisotopic (exact) mass is 340 g/mol. The predicted molar refractivity (Wildman–Crippen MR) is 96.5 cm³/mol. The van der Waals surface area contributed by atoms with Crippen LogP contribution >= 0.6 is 0 Å². The zero-order valence-corrected chi connectivity index (χ0v) is 14.2. The minimum absolute atomic E-state index is 0.0463. The van der Waals surface area contributed by atoms with Crippen molar-refractivity contribution in [3.8, 4) is 5.75 Å². The number of benzene rings is 2. The first kappa shape index (κ1) is 17.5. The van der Waals surface area contributed by atoms with Gasteiger partial charge in [-0.15, -0.1) is 0 Å². The first-order valence-corrected chi connectivity index (χ1v) is 8.67. The highest BCUT2D eigenvalue weighted by Gasteiger charge is 2.20. The fourth-order valence-electron chi connectivity index (χ4n) is 2.67. The lowest BCUT2D eigenvalue weighted by atomic mass is 10.1. The second-order valence-electron chi connectivity index (χ2n) is 6.02. The number of carbonyl (C=O) groups excluding carboxylic acids is 1. The number of ether oxygens (including phenoxy) is 2. The summed E-state index contributed by atoms with van der Waals surface area (Å²) in [6.45, 7) is 3.14. The normalized spacial score (nSPS) is 17.0. The van der Waals surface area contributed by atoms with Gasteiger partial charge in [-0.05, 0) is 29.7 Å². The number of morpholine rings is 1. The van der Waals surface area contributed by atoms with Crippen molar-refractivity contribution in [1.29, 1.82) is 0 Å². The van der Waals surface area contributed by atoms with Crippen LogP contribution < -0.4 is 15.4 Å². The SMILES string of the molecule is O=C(NCCc1ccc(OCc2ccccc2)cc1)[C@@H]1CNCCO1. The smallest absolute Gasteiger partial charge is 0.250 e. The van der Waals surface area contributed by atoms with E-state index in [0.29, 0.717) is 26.3 Å². The zero-order valence-electron chi connectivity index (χ0n) is 14.2. The van der Waals surface area contributed by atoms with E-state index in [-0.39, 0.29) is 12.0 Å². The average Bonchev–Trinajstić information content (AvgIpc) is 2.69. The summed E-state index contributed by atoms with van der Waals surface area (Å²) in [5.41, 5.74) is 2.31. The van der Waals surface area contributed by atoms with Crippen molar-refractivity contribution in [2.24, 2.45) is 0 Å². The largest absolute Gasteiger partial charge is 0.489 e. The Hall–Kier alpha value is -2.37. The minimum atomic E-state index is -0.373. The molecule has 2 aromatic carbocycles. The number of hydrogen-bond donors (Lipinski definition) is 2. The molecule has 1 aliphatic rings. The summed E-state index contributed by atoms with van der Waals surface area (Å²) in [5.74, 6) is 0.799. The van der Waals surface area contributed by atoms with Gasteiger partial charge in [0.05, 0.1) is 6.61 Å². The third kappa shape index (κ3) is 5.59. The number of nitrogens with one attached hydrogen (secondary N) is 2. The second kappa shape index (κ2) is 9.20. The van der Waals surface area contributed by atoms with Gasteiger partial charge in [0.1, 0.15) is 18.5 Å². The number of rotatable bonds is 7. The topological polar surface area (TPSA) is 59.6 Å². The summed E-state index contributed by atoms with van der Waals surface area (Å²) in [4.78, 5) is 12.0. The Labute approximate surface area is 148 Å². The van der Waals surface area contributed by atoms with E-state index in [2.05, 4.69) is 10.6 Å². The maximum atomic E-state index is 12.0. The summed E-state index contributed by atoms with van der Waals surface area (Å²) in [6.07, 6.45) is 0.410. The Morgan fingerprint density at radius 3 is 2.64 bits per heavy atom. The van der Waals surface area contributed by atoms with Gasteiger partial charge < -0.3 is 20.1 Å². The second-order valence-corrected chi connectivity index (χ2v) is 6.02. The summed E-state index contributed by atoms with van der Waals surface area (Å²) >= 11 is 0. The Morgan fingerprint density at radius 1 is 1.12 bits per heavy atom. The Balaban J connectivity index is 1.39. The molecule has 1 amide bonds. The average molecular weight is 340 g/mol. The maximum absolute atomic E-state index is 12.0.